The number of ether oxygens (including phenoxy) is 1. The van der Waals surface area contributed by atoms with E-state index in [2.05, 4.69) is 0 Å². The maximum Gasteiger partial charge on any atom is 0.336 e. The summed E-state index contributed by atoms with van der Waals surface area (Å²) in [5, 5.41) is 9.35. The van der Waals surface area contributed by atoms with Crippen molar-refractivity contribution in [3.63, 3.8) is 0 Å². The van der Waals surface area contributed by atoms with Crippen LogP contribution in [0.1, 0.15) is 30.9 Å². The lowest BCUT2D eigenvalue weighted by molar-refractivity contribution is -0.163. The second-order valence-electron chi connectivity index (χ2n) is 4.42. The number of carboxylic acids is 1. The highest BCUT2D eigenvalue weighted by Gasteiger charge is 2.37. The molecule has 0 heterocycles. The zero-order valence-electron chi connectivity index (χ0n) is 10.7. The molecule has 1 aromatic carbocycles. The standard InChI is InChI=1S/C14H20O3/c1-4-9-14(17-3,13(15)16)10-12-7-5-11(2)6-8-12/h5-8H,4,9-10H2,1-3H3,(H,15,16). The third-order valence-corrected chi connectivity index (χ3v) is 3.04. The molecule has 1 N–H and O–H groups in total. The molecule has 17 heavy (non-hydrogen) atoms. The topological polar surface area (TPSA) is 46.5 Å². The summed E-state index contributed by atoms with van der Waals surface area (Å²) in [6.45, 7) is 3.97. The van der Waals surface area contributed by atoms with E-state index in [4.69, 9.17) is 4.74 Å². The Morgan fingerprint density at radius 1 is 1.35 bits per heavy atom. The van der Waals surface area contributed by atoms with Crippen LogP contribution in [0.15, 0.2) is 24.3 Å². The van der Waals surface area contributed by atoms with Crippen LogP contribution in [0.25, 0.3) is 0 Å². The molecule has 1 rings (SSSR count). The van der Waals surface area contributed by atoms with Crippen molar-refractivity contribution in [3.05, 3.63) is 35.4 Å². The maximum atomic E-state index is 11.4. The van der Waals surface area contributed by atoms with E-state index in [1.165, 1.54) is 12.7 Å². The van der Waals surface area contributed by atoms with Crippen LogP contribution in [0.4, 0.5) is 0 Å². The number of methoxy groups -OCH3 is 1. The number of carbonyl (C=O) groups is 1. The minimum absolute atomic E-state index is 0.410. The minimum Gasteiger partial charge on any atom is -0.479 e. The lowest BCUT2D eigenvalue weighted by Crippen LogP contribution is -2.42. The number of hydrogen-bond donors (Lipinski definition) is 1. The summed E-state index contributed by atoms with van der Waals surface area (Å²) in [6, 6.07) is 7.90. The molecule has 0 fully saturated rings. The predicted molar refractivity (Wildman–Crippen MR) is 67.2 cm³/mol. The summed E-state index contributed by atoms with van der Waals surface area (Å²) in [5.74, 6) is -0.887. The molecular weight excluding hydrogens is 216 g/mol. The van der Waals surface area contributed by atoms with E-state index in [0.29, 0.717) is 12.8 Å². The largest absolute Gasteiger partial charge is 0.479 e. The van der Waals surface area contributed by atoms with Gasteiger partial charge in [-0.15, -0.1) is 0 Å². The molecule has 3 nitrogen and oxygen atoms in total. The highest BCUT2D eigenvalue weighted by molar-refractivity contribution is 5.78. The van der Waals surface area contributed by atoms with Gasteiger partial charge in [-0.2, -0.15) is 0 Å². The van der Waals surface area contributed by atoms with Crippen molar-refractivity contribution in [3.8, 4) is 0 Å². The molecule has 94 valence electrons. The summed E-state index contributed by atoms with van der Waals surface area (Å²) in [6.07, 6.45) is 1.71. The molecule has 1 unspecified atom stereocenters. The second kappa shape index (κ2) is 5.82. The van der Waals surface area contributed by atoms with Gasteiger partial charge >= 0.3 is 5.97 Å². The molecule has 0 bridgehead atoms. The van der Waals surface area contributed by atoms with Crippen molar-refractivity contribution in [2.75, 3.05) is 7.11 Å². The first-order valence-corrected chi connectivity index (χ1v) is 5.88. The van der Waals surface area contributed by atoms with E-state index in [1.807, 2.05) is 38.1 Å². The van der Waals surface area contributed by atoms with E-state index in [9.17, 15) is 9.90 Å². The van der Waals surface area contributed by atoms with Gasteiger partial charge in [0.2, 0.25) is 0 Å². The second-order valence-corrected chi connectivity index (χ2v) is 4.42. The molecular formula is C14H20O3. The molecule has 1 aromatic rings. The molecule has 0 saturated heterocycles. The lowest BCUT2D eigenvalue weighted by atomic mass is 9.89. The minimum atomic E-state index is -1.09. The Kier molecular flexibility index (Phi) is 4.70. The van der Waals surface area contributed by atoms with Crippen LogP contribution in [0.5, 0.6) is 0 Å². The van der Waals surface area contributed by atoms with Gasteiger partial charge in [0.1, 0.15) is 0 Å². The molecule has 0 spiro atoms. The van der Waals surface area contributed by atoms with Gasteiger partial charge < -0.3 is 9.84 Å². The highest BCUT2D eigenvalue weighted by atomic mass is 16.5. The SMILES string of the molecule is CCCC(Cc1ccc(C)cc1)(OC)C(=O)O. The number of carboxylic acid groups (broad SMARTS) is 1. The van der Waals surface area contributed by atoms with E-state index in [-0.39, 0.29) is 0 Å². The number of aryl methyl sites for hydroxylation is 1. The normalized spacial score (nSPS) is 14.3. The number of benzene rings is 1. The van der Waals surface area contributed by atoms with Crippen LogP contribution in [0.3, 0.4) is 0 Å². The Labute approximate surface area is 102 Å². The van der Waals surface area contributed by atoms with Crippen LogP contribution in [-0.2, 0) is 16.0 Å². The van der Waals surface area contributed by atoms with Gasteiger partial charge in [-0.05, 0) is 18.9 Å². The quantitative estimate of drug-likeness (QED) is 0.826. The van der Waals surface area contributed by atoms with E-state index in [1.54, 1.807) is 0 Å². The molecule has 0 aliphatic carbocycles. The van der Waals surface area contributed by atoms with Crippen molar-refractivity contribution < 1.29 is 14.6 Å². The average molecular weight is 236 g/mol. The van der Waals surface area contributed by atoms with Crippen LogP contribution >= 0.6 is 0 Å². The molecule has 0 aromatic heterocycles. The van der Waals surface area contributed by atoms with Crippen molar-refractivity contribution in [1.29, 1.82) is 0 Å². The van der Waals surface area contributed by atoms with Gasteiger partial charge in [-0.3, -0.25) is 0 Å². The molecule has 0 aliphatic heterocycles. The van der Waals surface area contributed by atoms with Crippen molar-refractivity contribution in [1.82, 2.24) is 0 Å². The third kappa shape index (κ3) is 3.30. The monoisotopic (exact) mass is 236 g/mol. The van der Waals surface area contributed by atoms with Crippen LogP contribution < -0.4 is 0 Å². The van der Waals surface area contributed by atoms with Crippen LogP contribution in [0.2, 0.25) is 0 Å². The predicted octanol–water partition coefficient (Wildman–Crippen LogP) is 2.81. The first-order chi connectivity index (χ1) is 8.04. The van der Waals surface area contributed by atoms with E-state index < -0.39 is 11.6 Å². The van der Waals surface area contributed by atoms with Crippen molar-refractivity contribution in [2.45, 2.75) is 38.7 Å². The Morgan fingerprint density at radius 3 is 2.35 bits per heavy atom. The van der Waals surface area contributed by atoms with Crippen LogP contribution in [0, 0.1) is 6.92 Å². The van der Waals surface area contributed by atoms with Gasteiger partial charge in [-0.1, -0.05) is 43.2 Å². The Balaban J connectivity index is 2.92. The summed E-state index contributed by atoms with van der Waals surface area (Å²) in [5.41, 5.74) is 1.07. The van der Waals surface area contributed by atoms with Gasteiger partial charge in [0.25, 0.3) is 0 Å². The molecule has 0 saturated carbocycles. The van der Waals surface area contributed by atoms with Gasteiger partial charge in [-0.25, -0.2) is 4.79 Å². The average Bonchev–Trinajstić information content (AvgIpc) is 2.31. The smallest absolute Gasteiger partial charge is 0.336 e. The van der Waals surface area contributed by atoms with Crippen LogP contribution in [-0.4, -0.2) is 23.8 Å². The maximum absolute atomic E-state index is 11.4. The molecule has 0 amide bonds. The van der Waals surface area contributed by atoms with E-state index >= 15 is 0 Å². The number of aliphatic carboxylic acids is 1. The van der Waals surface area contributed by atoms with Gasteiger partial charge in [0.05, 0.1) is 0 Å². The Hall–Kier alpha value is -1.35. The molecule has 3 heteroatoms. The number of hydrogen-bond acceptors (Lipinski definition) is 2. The summed E-state index contributed by atoms with van der Waals surface area (Å²) in [4.78, 5) is 11.4. The fourth-order valence-electron chi connectivity index (χ4n) is 1.97. The highest BCUT2D eigenvalue weighted by Crippen LogP contribution is 2.23. The zero-order valence-corrected chi connectivity index (χ0v) is 10.7. The van der Waals surface area contributed by atoms with Crippen molar-refractivity contribution >= 4 is 5.97 Å². The zero-order chi connectivity index (χ0) is 12.9. The lowest BCUT2D eigenvalue weighted by Gasteiger charge is -2.27. The molecule has 0 aliphatic rings. The first kappa shape index (κ1) is 13.7. The summed E-state index contributed by atoms with van der Waals surface area (Å²) < 4.78 is 5.27. The molecule has 0 radical (unpaired) electrons. The fourth-order valence-corrected chi connectivity index (χ4v) is 1.97. The summed E-state index contributed by atoms with van der Waals surface area (Å²) >= 11 is 0. The Morgan fingerprint density at radius 2 is 1.94 bits per heavy atom. The fraction of sp³-hybridized carbons (Fsp3) is 0.500. The van der Waals surface area contributed by atoms with E-state index in [0.717, 1.165) is 12.0 Å². The first-order valence-electron chi connectivity index (χ1n) is 5.88. The Bertz CT molecular complexity index is 370. The summed E-state index contributed by atoms with van der Waals surface area (Å²) in [7, 11) is 1.47. The molecule has 1 atom stereocenters. The van der Waals surface area contributed by atoms with Gasteiger partial charge in [0, 0.05) is 13.5 Å². The third-order valence-electron chi connectivity index (χ3n) is 3.04. The number of rotatable bonds is 6. The van der Waals surface area contributed by atoms with Crippen molar-refractivity contribution in [2.24, 2.45) is 0 Å². The van der Waals surface area contributed by atoms with Gasteiger partial charge in [0.15, 0.2) is 5.60 Å².